The van der Waals surface area contributed by atoms with Gasteiger partial charge in [0.2, 0.25) is 5.95 Å². The number of anilines is 2. The lowest BCUT2D eigenvalue weighted by atomic mass is 10.1. The minimum atomic E-state index is -4.43. The van der Waals surface area contributed by atoms with Crippen LogP contribution in [0.15, 0.2) is 35.1 Å². The number of benzene rings is 1. The molecule has 4 heterocycles. The van der Waals surface area contributed by atoms with Crippen molar-refractivity contribution in [1.82, 2.24) is 14.5 Å². The Balaban J connectivity index is 1.36. The molecule has 11 heteroatoms. The lowest BCUT2D eigenvalue weighted by Gasteiger charge is -2.39. The first-order valence-corrected chi connectivity index (χ1v) is 12.4. The van der Waals surface area contributed by atoms with Gasteiger partial charge in [0.05, 0.1) is 18.8 Å². The normalized spacial score (nSPS) is 23.4. The van der Waals surface area contributed by atoms with Crippen molar-refractivity contribution in [1.29, 1.82) is 0 Å². The maximum atomic E-state index is 14.1. The molecule has 0 spiro atoms. The van der Waals surface area contributed by atoms with Crippen molar-refractivity contribution in [3.8, 4) is 5.75 Å². The van der Waals surface area contributed by atoms with Crippen LogP contribution in [-0.2, 0) is 17.7 Å². The summed E-state index contributed by atoms with van der Waals surface area (Å²) in [5.74, 6) is 1.26. The van der Waals surface area contributed by atoms with E-state index in [1.54, 1.807) is 0 Å². The Morgan fingerprint density at radius 1 is 1.22 bits per heavy atom. The van der Waals surface area contributed by atoms with E-state index in [1.807, 2.05) is 48.2 Å². The summed E-state index contributed by atoms with van der Waals surface area (Å²) in [6.07, 6.45) is -3.29. The van der Waals surface area contributed by atoms with Crippen molar-refractivity contribution >= 4 is 11.8 Å². The van der Waals surface area contributed by atoms with Crippen LogP contribution >= 0.6 is 0 Å². The quantitative estimate of drug-likeness (QED) is 0.544. The Morgan fingerprint density at radius 2 is 2.00 bits per heavy atom. The fraction of sp³-hybridized carbons (Fsp3) is 0.600. The fourth-order valence-electron chi connectivity index (χ4n) is 5.23. The number of hydrogen-bond acceptors (Lipinski definition) is 7. The summed E-state index contributed by atoms with van der Waals surface area (Å²) < 4.78 is 54.9. The van der Waals surface area contributed by atoms with E-state index >= 15 is 0 Å². The Labute approximate surface area is 208 Å². The molecule has 2 saturated heterocycles. The van der Waals surface area contributed by atoms with Gasteiger partial charge in [0.25, 0.3) is 5.56 Å². The Morgan fingerprint density at radius 3 is 2.64 bits per heavy atom. The van der Waals surface area contributed by atoms with Crippen molar-refractivity contribution in [2.75, 3.05) is 56.7 Å². The number of morpholine rings is 1. The van der Waals surface area contributed by atoms with Crippen LogP contribution in [-0.4, -0.2) is 85.8 Å². The molecule has 1 aromatic carbocycles. The summed E-state index contributed by atoms with van der Waals surface area (Å²) in [4.78, 5) is 22.8. The second-order valence-electron chi connectivity index (χ2n) is 9.99. The lowest BCUT2D eigenvalue weighted by molar-refractivity contribution is -0.152. The van der Waals surface area contributed by atoms with Crippen molar-refractivity contribution in [2.45, 2.75) is 50.2 Å². The number of rotatable bonds is 8. The molecule has 0 N–H and O–H groups in total. The first-order chi connectivity index (χ1) is 17.2. The molecule has 196 valence electrons. The van der Waals surface area contributed by atoms with E-state index < -0.39 is 12.2 Å². The third-order valence-electron chi connectivity index (χ3n) is 7.18. The highest BCUT2D eigenvalue weighted by molar-refractivity contribution is 5.49. The third kappa shape index (κ3) is 5.17. The van der Waals surface area contributed by atoms with Gasteiger partial charge in [-0.1, -0.05) is 12.1 Å². The monoisotopic (exact) mass is 507 g/mol. The molecule has 3 aliphatic rings. The Bertz CT molecular complexity index is 1120. The molecular formula is C25H32F3N5O3. The molecular weight excluding hydrogens is 475 g/mol. The van der Waals surface area contributed by atoms with E-state index in [1.165, 1.54) is 15.5 Å². The van der Waals surface area contributed by atoms with Crippen LogP contribution in [0.2, 0.25) is 0 Å². The van der Waals surface area contributed by atoms with Crippen LogP contribution in [0.25, 0.3) is 0 Å². The molecule has 1 aromatic heterocycles. The van der Waals surface area contributed by atoms with Gasteiger partial charge in [-0.2, -0.15) is 18.2 Å². The predicted octanol–water partition coefficient (Wildman–Crippen LogP) is 2.54. The van der Waals surface area contributed by atoms with Crippen LogP contribution in [0.5, 0.6) is 5.75 Å². The molecule has 2 unspecified atom stereocenters. The first-order valence-electron chi connectivity index (χ1n) is 12.4. The highest BCUT2D eigenvalue weighted by atomic mass is 19.4. The van der Waals surface area contributed by atoms with Crippen molar-refractivity contribution in [3.63, 3.8) is 0 Å². The van der Waals surface area contributed by atoms with E-state index in [0.29, 0.717) is 32.0 Å². The number of nitrogens with zero attached hydrogens (tertiary/aromatic N) is 5. The van der Waals surface area contributed by atoms with E-state index in [0.717, 1.165) is 24.3 Å². The SMILES string of the molecule is CN(C)CCOc1ccc(CCN2c3nc(N4CC5CC4CO5)cc(=O)n3CC[C@H]2C(F)(F)F)cc1. The molecule has 3 aliphatic heterocycles. The summed E-state index contributed by atoms with van der Waals surface area (Å²) in [5.41, 5.74) is 0.573. The number of likely N-dealkylation sites (N-methyl/N-ethyl adjacent to an activating group) is 1. The summed E-state index contributed by atoms with van der Waals surface area (Å²) in [6, 6.07) is 7.28. The van der Waals surface area contributed by atoms with Gasteiger partial charge in [-0.15, -0.1) is 0 Å². The predicted molar refractivity (Wildman–Crippen MR) is 130 cm³/mol. The maximum Gasteiger partial charge on any atom is 0.408 e. The topological polar surface area (TPSA) is 63.1 Å². The van der Waals surface area contributed by atoms with Gasteiger partial charge >= 0.3 is 6.18 Å². The number of halogens is 3. The molecule has 5 rings (SSSR count). The zero-order chi connectivity index (χ0) is 25.4. The van der Waals surface area contributed by atoms with E-state index in [-0.39, 0.29) is 43.2 Å². The molecule has 8 nitrogen and oxygen atoms in total. The maximum absolute atomic E-state index is 14.1. The zero-order valence-electron chi connectivity index (χ0n) is 20.6. The Hall–Kier alpha value is -2.79. The summed E-state index contributed by atoms with van der Waals surface area (Å²) in [7, 11) is 3.93. The van der Waals surface area contributed by atoms with Gasteiger partial charge < -0.3 is 24.2 Å². The fourth-order valence-corrected chi connectivity index (χ4v) is 5.23. The molecule has 2 aromatic rings. The van der Waals surface area contributed by atoms with Gasteiger partial charge in [-0.05, 0) is 51.1 Å². The van der Waals surface area contributed by atoms with E-state index in [9.17, 15) is 18.0 Å². The first kappa shape index (κ1) is 24.9. The smallest absolute Gasteiger partial charge is 0.408 e. The molecule has 0 amide bonds. The number of ether oxygens (including phenoxy) is 2. The minimum absolute atomic E-state index is 0.00370. The lowest BCUT2D eigenvalue weighted by Crippen LogP contribution is -2.53. The zero-order valence-corrected chi connectivity index (χ0v) is 20.6. The van der Waals surface area contributed by atoms with Crippen LogP contribution < -0.4 is 20.1 Å². The van der Waals surface area contributed by atoms with Crippen molar-refractivity contribution < 1.29 is 22.6 Å². The van der Waals surface area contributed by atoms with Crippen LogP contribution in [0, 0.1) is 0 Å². The van der Waals surface area contributed by atoms with Crippen molar-refractivity contribution in [3.05, 3.63) is 46.2 Å². The third-order valence-corrected chi connectivity index (χ3v) is 7.18. The largest absolute Gasteiger partial charge is 0.492 e. The van der Waals surface area contributed by atoms with E-state index in [2.05, 4.69) is 4.98 Å². The molecule has 36 heavy (non-hydrogen) atoms. The van der Waals surface area contributed by atoms with Crippen LogP contribution in [0.3, 0.4) is 0 Å². The molecule has 2 fully saturated rings. The Kier molecular flexibility index (Phi) is 6.86. The second kappa shape index (κ2) is 9.93. The summed E-state index contributed by atoms with van der Waals surface area (Å²) >= 11 is 0. The second-order valence-corrected chi connectivity index (χ2v) is 9.99. The van der Waals surface area contributed by atoms with Gasteiger partial charge in [0.15, 0.2) is 0 Å². The van der Waals surface area contributed by atoms with Gasteiger partial charge in [0.1, 0.15) is 24.2 Å². The molecule has 3 atom stereocenters. The number of hydrogen-bond donors (Lipinski definition) is 0. The van der Waals surface area contributed by atoms with Crippen LogP contribution in [0.1, 0.15) is 18.4 Å². The van der Waals surface area contributed by atoms with Gasteiger partial charge in [0, 0.05) is 32.2 Å². The van der Waals surface area contributed by atoms with Gasteiger partial charge in [-0.25, -0.2) is 0 Å². The number of aromatic nitrogens is 2. The summed E-state index contributed by atoms with van der Waals surface area (Å²) in [5, 5.41) is 0. The minimum Gasteiger partial charge on any atom is -0.492 e. The number of alkyl halides is 3. The average molecular weight is 508 g/mol. The molecule has 0 aliphatic carbocycles. The standard InChI is InChI=1S/C25H32F3N5O3/c1-30(2)11-12-35-19-5-3-17(4-6-19)7-9-31-21(25(26,27)28)8-10-32-23(34)14-22(29-24(31)32)33-15-20-13-18(33)16-36-20/h3-6,14,18,20-21H,7-13,15-16H2,1-2H3/t18?,20?,21-/m0/s1. The van der Waals surface area contributed by atoms with Gasteiger partial charge in [-0.3, -0.25) is 9.36 Å². The molecule has 0 radical (unpaired) electrons. The highest BCUT2D eigenvalue weighted by Crippen LogP contribution is 2.36. The van der Waals surface area contributed by atoms with E-state index in [4.69, 9.17) is 9.47 Å². The van der Waals surface area contributed by atoms with Crippen molar-refractivity contribution in [2.24, 2.45) is 0 Å². The molecule has 0 saturated carbocycles. The average Bonchev–Trinajstić information content (AvgIpc) is 3.46. The van der Waals surface area contributed by atoms with Crippen LogP contribution in [0.4, 0.5) is 24.9 Å². The highest BCUT2D eigenvalue weighted by Gasteiger charge is 2.47. The molecule has 2 bridgehead atoms. The summed E-state index contributed by atoms with van der Waals surface area (Å²) in [6.45, 7) is 2.58. The number of fused-ring (bicyclic) bond motifs is 3.